The van der Waals surface area contributed by atoms with Crippen LogP contribution in [0.2, 0.25) is 5.02 Å². The third-order valence-corrected chi connectivity index (χ3v) is 2.73. The van der Waals surface area contributed by atoms with E-state index >= 15 is 0 Å². The molecule has 84 valence electrons. The number of halogens is 2. The summed E-state index contributed by atoms with van der Waals surface area (Å²) in [5.74, 6) is 1.22. The largest absolute Gasteiger partial charge is 0.234 e. The highest BCUT2D eigenvalue weighted by molar-refractivity contribution is 6.30. The van der Waals surface area contributed by atoms with E-state index in [1.54, 1.807) is 17.1 Å². The second-order valence-corrected chi connectivity index (χ2v) is 4.12. The Hall–Kier alpha value is -1.06. The molecule has 0 radical (unpaired) electrons. The minimum atomic E-state index is 0.470. The molecular weight excluding hydrogens is 245 g/mol. The first kappa shape index (κ1) is 11.4. The number of pyridine rings is 1. The van der Waals surface area contributed by atoms with Crippen LogP contribution in [0.1, 0.15) is 18.2 Å². The van der Waals surface area contributed by atoms with Crippen LogP contribution in [0.5, 0.6) is 0 Å². The minimum Gasteiger partial charge on any atom is -0.234 e. The van der Waals surface area contributed by atoms with Crippen LogP contribution in [0.4, 0.5) is 0 Å². The molecule has 0 atom stereocenters. The van der Waals surface area contributed by atoms with Gasteiger partial charge in [0.05, 0.1) is 17.4 Å². The van der Waals surface area contributed by atoms with Crippen LogP contribution in [0.15, 0.2) is 24.5 Å². The number of rotatable bonds is 3. The fraction of sp³-hybridized carbons (Fsp3) is 0.273. The van der Waals surface area contributed by atoms with Crippen LogP contribution < -0.4 is 0 Å². The molecule has 0 bridgehead atoms. The summed E-state index contributed by atoms with van der Waals surface area (Å²) in [7, 11) is 0. The molecule has 16 heavy (non-hydrogen) atoms. The fourth-order valence-electron chi connectivity index (χ4n) is 1.43. The summed E-state index contributed by atoms with van der Waals surface area (Å²) < 4.78 is 1.65. The Morgan fingerprint density at radius 1 is 1.38 bits per heavy atom. The molecule has 0 spiro atoms. The smallest absolute Gasteiger partial charge is 0.153 e. The van der Waals surface area contributed by atoms with E-state index in [1.807, 2.05) is 12.1 Å². The van der Waals surface area contributed by atoms with Gasteiger partial charge in [-0.15, -0.1) is 11.6 Å². The molecule has 0 aromatic carbocycles. The van der Waals surface area contributed by atoms with E-state index in [2.05, 4.69) is 17.0 Å². The van der Waals surface area contributed by atoms with Crippen molar-refractivity contribution in [1.82, 2.24) is 14.8 Å². The lowest BCUT2D eigenvalue weighted by Gasteiger charge is -2.05. The predicted molar refractivity (Wildman–Crippen MR) is 65.3 cm³/mol. The number of nitrogens with zero attached hydrogens (tertiary/aromatic N) is 3. The zero-order valence-corrected chi connectivity index (χ0v) is 10.3. The number of hydrogen-bond donors (Lipinski definition) is 0. The lowest BCUT2D eigenvalue weighted by atomic mass is 10.2. The highest BCUT2D eigenvalue weighted by Gasteiger charge is 2.04. The van der Waals surface area contributed by atoms with Gasteiger partial charge in [0.2, 0.25) is 0 Å². The Labute approximate surface area is 104 Å². The van der Waals surface area contributed by atoms with Gasteiger partial charge in [0.25, 0.3) is 0 Å². The second-order valence-electron chi connectivity index (χ2n) is 3.42. The molecular formula is C11H11Cl2N3. The van der Waals surface area contributed by atoms with Crippen LogP contribution in [0.25, 0.3) is 5.82 Å². The molecule has 0 saturated carbocycles. The molecule has 2 aromatic heterocycles. The van der Waals surface area contributed by atoms with Gasteiger partial charge in [-0.25, -0.2) is 9.67 Å². The standard InChI is InChI=1S/C11H11Cl2N3/c1-2-10-3-8(5-12)4-11(15-10)16-7-9(13)6-14-16/h3-4,6-7H,2,5H2,1H3. The van der Waals surface area contributed by atoms with E-state index in [9.17, 15) is 0 Å². The van der Waals surface area contributed by atoms with E-state index in [-0.39, 0.29) is 0 Å². The number of hydrogen-bond acceptors (Lipinski definition) is 2. The average Bonchev–Trinajstić information content (AvgIpc) is 2.75. The van der Waals surface area contributed by atoms with Crippen molar-refractivity contribution in [2.75, 3.05) is 0 Å². The highest BCUT2D eigenvalue weighted by Crippen LogP contribution is 2.14. The maximum absolute atomic E-state index is 5.84. The van der Waals surface area contributed by atoms with Gasteiger partial charge in [-0.1, -0.05) is 18.5 Å². The van der Waals surface area contributed by atoms with Crippen molar-refractivity contribution >= 4 is 23.2 Å². The predicted octanol–water partition coefficient (Wildman–Crippen LogP) is 3.22. The quantitative estimate of drug-likeness (QED) is 0.789. The molecule has 0 aliphatic heterocycles. The van der Waals surface area contributed by atoms with E-state index in [0.29, 0.717) is 10.9 Å². The number of aryl methyl sites for hydroxylation is 1. The molecule has 3 nitrogen and oxygen atoms in total. The molecule has 0 amide bonds. The Balaban J connectivity index is 2.47. The lowest BCUT2D eigenvalue weighted by Crippen LogP contribution is -2.01. The Kier molecular flexibility index (Phi) is 3.46. The monoisotopic (exact) mass is 255 g/mol. The van der Waals surface area contributed by atoms with E-state index in [1.165, 1.54) is 0 Å². The zero-order chi connectivity index (χ0) is 11.5. The summed E-state index contributed by atoms with van der Waals surface area (Å²) in [5.41, 5.74) is 2.04. The van der Waals surface area contributed by atoms with Gasteiger partial charge in [-0.05, 0) is 24.1 Å². The molecule has 2 heterocycles. The van der Waals surface area contributed by atoms with Crippen molar-refractivity contribution in [3.05, 3.63) is 40.8 Å². The Morgan fingerprint density at radius 2 is 2.19 bits per heavy atom. The Bertz CT molecular complexity index is 471. The molecule has 0 fully saturated rings. The fourth-order valence-corrected chi connectivity index (χ4v) is 1.73. The lowest BCUT2D eigenvalue weighted by molar-refractivity contribution is 0.829. The van der Waals surface area contributed by atoms with E-state index in [0.717, 1.165) is 23.5 Å². The molecule has 2 aromatic rings. The highest BCUT2D eigenvalue weighted by atomic mass is 35.5. The third kappa shape index (κ3) is 2.36. The summed E-state index contributed by atoms with van der Waals surface area (Å²) in [6.45, 7) is 2.06. The van der Waals surface area contributed by atoms with Crippen molar-refractivity contribution in [2.24, 2.45) is 0 Å². The molecule has 5 heteroatoms. The van der Waals surface area contributed by atoms with Gasteiger partial charge in [0.15, 0.2) is 5.82 Å². The van der Waals surface area contributed by atoms with Gasteiger partial charge in [-0.2, -0.15) is 5.10 Å². The van der Waals surface area contributed by atoms with Crippen LogP contribution in [0.3, 0.4) is 0 Å². The molecule has 0 unspecified atom stereocenters. The van der Waals surface area contributed by atoms with Crippen LogP contribution in [-0.4, -0.2) is 14.8 Å². The van der Waals surface area contributed by atoms with Crippen LogP contribution in [0, 0.1) is 0 Å². The van der Waals surface area contributed by atoms with E-state index < -0.39 is 0 Å². The van der Waals surface area contributed by atoms with Gasteiger partial charge >= 0.3 is 0 Å². The molecule has 2 rings (SSSR count). The maximum atomic E-state index is 5.84. The number of aromatic nitrogens is 3. The van der Waals surface area contributed by atoms with Gasteiger partial charge in [-0.3, -0.25) is 0 Å². The molecule has 0 saturated heterocycles. The van der Waals surface area contributed by atoms with Crippen LogP contribution in [-0.2, 0) is 12.3 Å². The van der Waals surface area contributed by atoms with Crippen molar-refractivity contribution < 1.29 is 0 Å². The summed E-state index contributed by atoms with van der Waals surface area (Å²) in [6, 6.07) is 3.91. The Morgan fingerprint density at radius 3 is 2.75 bits per heavy atom. The van der Waals surface area contributed by atoms with Gasteiger partial charge < -0.3 is 0 Å². The van der Waals surface area contributed by atoms with Crippen molar-refractivity contribution in [3.8, 4) is 5.82 Å². The number of alkyl halides is 1. The molecule has 0 N–H and O–H groups in total. The maximum Gasteiger partial charge on any atom is 0.153 e. The summed E-state index contributed by atoms with van der Waals surface area (Å²) >= 11 is 11.7. The van der Waals surface area contributed by atoms with Gasteiger partial charge in [0.1, 0.15) is 0 Å². The second kappa shape index (κ2) is 4.85. The summed E-state index contributed by atoms with van der Waals surface area (Å²) in [6.07, 6.45) is 4.18. The zero-order valence-electron chi connectivity index (χ0n) is 8.82. The summed E-state index contributed by atoms with van der Waals surface area (Å²) in [4.78, 5) is 4.47. The molecule has 0 aliphatic rings. The minimum absolute atomic E-state index is 0.470. The van der Waals surface area contributed by atoms with Crippen molar-refractivity contribution in [1.29, 1.82) is 0 Å². The van der Waals surface area contributed by atoms with Crippen LogP contribution >= 0.6 is 23.2 Å². The topological polar surface area (TPSA) is 30.7 Å². The third-order valence-electron chi connectivity index (χ3n) is 2.23. The first-order valence-corrected chi connectivity index (χ1v) is 5.90. The van der Waals surface area contributed by atoms with Gasteiger partial charge in [0, 0.05) is 11.6 Å². The van der Waals surface area contributed by atoms with Crippen molar-refractivity contribution in [2.45, 2.75) is 19.2 Å². The summed E-state index contributed by atoms with van der Waals surface area (Å²) in [5, 5.41) is 4.71. The average molecular weight is 256 g/mol. The normalized spacial score (nSPS) is 10.7. The molecule has 0 aliphatic carbocycles. The van der Waals surface area contributed by atoms with E-state index in [4.69, 9.17) is 23.2 Å². The SMILES string of the molecule is CCc1cc(CCl)cc(-n2cc(Cl)cn2)n1. The van der Waals surface area contributed by atoms with Crippen molar-refractivity contribution in [3.63, 3.8) is 0 Å². The first-order chi connectivity index (χ1) is 7.72. The first-order valence-electron chi connectivity index (χ1n) is 4.99.